The molecular formula is C14H19FN2. The molecule has 0 saturated carbocycles. The third kappa shape index (κ3) is 4.07. The van der Waals surface area contributed by atoms with Crippen molar-refractivity contribution in [1.82, 2.24) is 0 Å². The van der Waals surface area contributed by atoms with Crippen molar-refractivity contribution in [2.45, 2.75) is 33.6 Å². The third-order valence-electron chi connectivity index (χ3n) is 2.86. The van der Waals surface area contributed by atoms with E-state index in [4.69, 9.17) is 5.26 Å². The highest BCUT2D eigenvalue weighted by atomic mass is 19.1. The Bertz CT molecular complexity index is 419. The number of nitrogens with zero attached hydrogens (tertiary/aromatic N) is 1. The number of halogens is 1. The molecule has 0 aromatic heterocycles. The molecule has 0 unspecified atom stereocenters. The molecule has 0 fully saturated rings. The van der Waals surface area contributed by atoms with Gasteiger partial charge in [-0.1, -0.05) is 6.07 Å². The van der Waals surface area contributed by atoms with Crippen molar-refractivity contribution in [2.24, 2.45) is 5.41 Å². The molecule has 0 radical (unpaired) electrons. The Morgan fingerprint density at radius 2 is 2.12 bits per heavy atom. The van der Waals surface area contributed by atoms with Crippen molar-refractivity contribution >= 4 is 5.69 Å². The molecular weight excluding hydrogens is 215 g/mol. The topological polar surface area (TPSA) is 35.8 Å². The van der Waals surface area contributed by atoms with Gasteiger partial charge in [0.25, 0.3) is 0 Å². The number of hydrogen-bond acceptors (Lipinski definition) is 2. The molecule has 0 aliphatic rings. The van der Waals surface area contributed by atoms with E-state index in [0.717, 1.165) is 25.1 Å². The third-order valence-corrected chi connectivity index (χ3v) is 2.86. The Hall–Kier alpha value is -1.56. The summed E-state index contributed by atoms with van der Waals surface area (Å²) in [7, 11) is 0. The maximum atomic E-state index is 13.2. The minimum Gasteiger partial charge on any atom is -0.385 e. The molecule has 0 aliphatic carbocycles. The van der Waals surface area contributed by atoms with Gasteiger partial charge in [-0.2, -0.15) is 5.26 Å². The number of hydrogen-bond donors (Lipinski definition) is 1. The summed E-state index contributed by atoms with van der Waals surface area (Å²) in [6.45, 7) is 6.38. The lowest BCUT2D eigenvalue weighted by atomic mass is 9.90. The van der Waals surface area contributed by atoms with E-state index in [-0.39, 0.29) is 11.2 Å². The predicted octanol–water partition coefficient (Wildman–Crippen LogP) is 3.88. The molecule has 3 heteroatoms. The molecule has 1 aromatic rings. The van der Waals surface area contributed by atoms with Gasteiger partial charge in [-0.15, -0.1) is 0 Å². The predicted molar refractivity (Wildman–Crippen MR) is 68.3 cm³/mol. The first-order valence-corrected chi connectivity index (χ1v) is 5.86. The minimum atomic E-state index is -0.279. The molecule has 1 aromatic carbocycles. The van der Waals surface area contributed by atoms with Crippen molar-refractivity contribution in [3.63, 3.8) is 0 Å². The number of nitrogens with one attached hydrogen (secondary N) is 1. The second-order valence-corrected chi connectivity index (χ2v) is 4.94. The van der Waals surface area contributed by atoms with Crippen molar-refractivity contribution < 1.29 is 4.39 Å². The smallest absolute Gasteiger partial charge is 0.128 e. The van der Waals surface area contributed by atoms with Gasteiger partial charge < -0.3 is 5.32 Å². The van der Waals surface area contributed by atoms with Crippen molar-refractivity contribution in [3.05, 3.63) is 29.6 Å². The Labute approximate surface area is 102 Å². The van der Waals surface area contributed by atoms with E-state index in [1.165, 1.54) is 6.07 Å². The lowest BCUT2D eigenvalue weighted by Gasteiger charge is -2.15. The average molecular weight is 234 g/mol. The Kier molecular flexibility index (Phi) is 4.51. The summed E-state index contributed by atoms with van der Waals surface area (Å²) < 4.78 is 13.2. The maximum absolute atomic E-state index is 13.2. The largest absolute Gasteiger partial charge is 0.385 e. The van der Waals surface area contributed by atoms with Crippen LogP contribution in [0.1, 0.15) is 32.3 Å². The van der Waals surface area contributed by atoms with Crippen LogP contribution >= 0.6 is 0 Å². The number of anilines is 1. The van der Waals surface area contributed by atoms with Gasteiger partial charge >= 0.3 is 0 Å². The van der Waals surface area contributed by atoms with Crippen LogP contribution in [-0.2, 0) is 0 Å². The first-order valence-electron chi connectivity index (χ1n) is 5.86. The van der Waals surface area contributed by atoms with Crippen LogP contribution in [0, 0.1) is 29.5 Å². The Morgan fingerprint density at radius 3 is 2.76 bits per heavy atom. The van der Waals surface area contributed by atoms with E-state index < -0.39 is 0 Å². The summed E-state index contributed by atoms with van der Waals surface area (Å²) in [6.07, 6.45) is 1.74. The van der Waals surface area contributed by atoms with E-state index >= 15 is 0 Å². The molecule has 0 amide bonds. The summed E-state index contributed by atoms with van der Waals surface area (Å²) in [4.78, 5) is 0. The van der Waals surface area contributed by atoms with Gasteiger partial charge in [-0.25, -0.2) is 4.39 Å². The van der Waals surface area contributed by atoms with Crippen molar-refractivity contribution in [1.29, 1.82) is 5.26 Å². The van der Waals surface area contributed by atoms with Gasteiger partial charge in [-0.05, 0) is 45.7 Å². The van der Waals surface area contributed by atoms with Crippen LogP contribution in [0.5, 0.6) is 0 Å². The zero-order chi connectivity index (χ0) is 12.9. The molecule has 2 nitrogen and oxygen atoms in total. The van der Waals surface area contributed by atoms with E-state index in [9.17, 15) is 4.39 Å². The summed E-state index contributed by atoms with van der Waals surface area (Å²) in [5.74, 6) is -0.188. The summed E-state index contributed by atoms with van der Waals surface area (Å²) in [5, 5.41) is 12.1. The molecule has 0 spiro atoms. The highest BCUT2D eigenvalue weighted by Gasteiger charge is 2.15. The van der Waals surface area contributed by atoms with Crippen LogP contribution in [-0.4, -0.2) is 6.54 Å². The van der Waals surface area contributed by atoms with Gasteiger partial charge in [0, 0.05) is 17.8 Å². The van der Waals surface area contributed by atoms with Crippen LogP contribution in [0.3, 0.4) is 0 Å². The lowest BCUT2D eigenvalue weighted by molar-refractivity contribution is 0.441. The second kappa shape index (κ2) is 5.67. The fourth-order valence-electron chi connectivity index (χ4n) is 1.61. The molecule has 0 aliphatic heterocycles. The monoisotopic (exact) mass is 234 g/mol. The van der Waals surface area contributed by atoms with Crippen LogP contribution in [0.15, 0.2) is 18.2 Å². The standard InChI is InChI=1S/C14H19FN2/c1-11-12(15)6-4-7-13(11)17-9-5-8-14(2,3)10-16/h4,6-7,17H,5,8-9H2,1-3H3. The van der Waals surface area contributed by atoms with Crippen LogP contribution in [0.4, 0.5) is 10.1 Å². The molecule has 0 saturated heterocycles. The first kappa shape index (κ1) is 13.5. The quantitative estimate of drug-likeness (QED) is 0.785. The van der Waals surface area contributed by atoms with Gasteiger partial charge in [-0.3, -0.25) is 0 Å². The first-order chi connectivity index (χ1) is 7.96. The number of nitriles is 1. The maximum Gasteiger partial charge on any atom is 0.128 e. The Balaban J connectivity index is 2.42. The van der Waals surface area contributed by atoms with Gasteiger partial charge in [0.05, 0.1) is 11.5 Å². The number of rotatable bonds is 5. The highest BCUT2D eigenvalue weighted by molar-refractivity contribution is 5.50. The van der Waals surface area contributed by atoms with Gasteiger partial charge in [0.1, 0.15) is 5.82 Å². The molecule has 0 atom stereocenters. The lowest BCUT2D eigenvalue weighted by Crippen LogP contribution is -2.11. The van der Waals surface area contributed by atoms with E-state index in [0.29, 0.717) is 5.56 Å². The van der Waals surface area contributed by atoms with Crippen LogP contribution < -0.4 is 5.32 Å². The molecule has 1 rings (SSSR count). The molecule has 17 heavy (non-hydrogen) atoms. The normalized spacial score (nSPS) is 11.0. The van der Waals surface area contributed by atoms with Gasteiger partial charge in [0.15, 0.2) is 0 Å². The van der Waals surface area contributed by atoms with Crippen LogP contribution in [0.2, 0.25) is 0 Å². The summed E-state index contributed by atoms with van der Waals surface area (Å²) in [6, 6.07) is 7.30. The minimum absolute atomic E-state index is 0.188. The zero-order valence-electron chi connectivity index (χ0n) is 10.7. The zero-order valence-corrected chi connectivity index (χ0v) is 10.7. The van der Waals surface area contributed by atoms with E-state index in [1.807, 2.05) is 19.9 Å². The fourth-order valence-corrected chi connectivity index (χ4v) is 1.61. The van der Waals surface area contributed by atoms with Crippen molar-refractivity contribution in [3.8, 4) is 6.07 Å². The average Bonchev–Trinajstić information content (AvgIpc) is 2.30. The van der Waals surface area contributed by atoms with Gasteiger partial charge in [0.2, 0.25) is 0 Å². The summed E-state index contributed by atoms with van der Waals surface area (Å²) in [5.41, 5.74) is 1.20. The Morgan fingerprint density at radius 1 is 1.41 bits per heavy atom. The SMILES string of the molecule is Cc1c(F)cccc1NCCCC(C)(C)C#N. The number of benzene rings is 1. The second-order valence-electron chi connectivity index (χ2n) is 4.94. The van der Waals surface area contributed by atoms with Crippen molar-refractivity contribution in [2.75, 3.05) is 11.9 Å². The van der Waals surface area contributed by atoms with E-state index in [1.54, 1.807) is 13.0 Å². The fraction of sp³-hybridized carbons (Fsp3) is 0.500. The molecule has 0 heterocycles. The molecule has 92 valence electrons. The molecule has 1 N–H and O–H groups in total. The highest BCUT2D eigenvalue weighted by Crippen LogP contribution is 2.21. The van der Waals surface area contributed by atoms with E-state index in [2.05, 4.69) is 11.4 Å². The van der Waals surface area contributed by atoms with Crippen LogP contribution in [0.25, 0.3) is 0 Å². The molecule has 0 bridgehead atoms. The summed E-state index contributed by atoms with van der Waals surface area (Å²) >= 11 is 0.